The van der Waals surface area contributed by atoms with Crippen LogP contribution in [0.1, 0.15) is 29.3 Å². The molecule has 148 valence electrons. The highest BCUT2D eigenvalue weighted by molar-refractivity contribution is 6.36. The van der Waals surface area contributed by atoms with E-state index >= 15 is 0 Å². The Morgan fingerprint density at radius 3 is 2.46 bits per heavy atom. The molecular formula is C19H19Cl2N3O4. The molecule has 0 atom stereocenters. The fourth-order valence-electron chi connectivity index (χ4n) is 2.65. The first-order valence-corrected chi connectivity index (χ1v) is 9.27. The van der Waals surface area contributed by atoms with E-state index in [0.29, 0.717) is 34.3 Å². The lowest BCUT2D eigenvalue weighted by Crippen LogP contribution is -2.38. The highest BCUT2D eigenvalue weighted by Gasteiger charge is 2.21. The second kappa shape index (κ2) is 9.52. The van der Waals surface area contributed by atoms with Gasteiger partial charge in [0.2, 0.25) is 5.91 Å². The van der Waals surface area contributed by atoms with Crippen molar-refractivity contribution >= 4 is 46.4 Å². The summed E-state index contributed by atoms with van der Waals surface area (Å²) in [5.74, 6) is -0.790. The van der Waals surface area contributed by atoms with Gasteiger partial charge in [0, 0.05) is 28.8 Å². The maximum absolute atomic E-state index is 12.8. The largest absolute Gasteiger partial charge is 0.329 e. The number of benzene rings is 2. The van der Waals surface area contributed by atoms with Gasteiger partial charge in [-0.2, -0.15) is 0 Å². The summed E-state index contributed by atoms with van der Waals surface area (Å²) in [4.78, 5) is 37.0. The van der Waals surface area contributed by atoms with E-state index in [2.05, 4.69) is 5.32 Å². The molecule has 2 aromatic rings. The lowest BCUT2D eigenvalue weighted by Gasteiger charge is -2.22. The number of hydrogen-bond donors (Lipinski definition) is 1. The quantitative estimate of drug-likeness (QED) is 0.515. The van der Waals surface area contributed by atoms with Crippen LogP contribution >= 0.6 is 23.2 Å². The second-order valence-corrected chi connectivity index (χ2v) is 7.00. The second-order valence-electron chi connectivity index (χ2n) is 6.16. The molecule has 0 bridgehead atoms. The minimum Gasteiger partial charge on any atom is -0.329 e. The summed E-state index contributed by atoms with van der Waals surface area (Å²) in [7, 11) is 0. The lowest BCUT2D eigenvalue weighted by molar-refractivity contribution is -0.385. The van der Waals surface area contributed by atoms with E-state index in [-0.39, 0.29) is 23.7 Å². The van der Waals surface area contributed by atoms with E-state index in [1.165, 1.54) is 29.2 Å². The number of hydrogen-bond acceptors (Lipinski definition) is 4. The summed E-state index contributed by atoms with van der Waals surface area (Å²) >= 11 is 11.9. The van der Waals surface area contributed by atoms with Crippen LogP contribution in [-0.4, -0.2) is 34.7 Å². The van der Waals surface area contributed by atoms with E-state index < -0.39 is 10.8 Å². The molecule has 0 saturated heterocycles. The van der Waals surface area contributed by atoms with Crippen LogP contribution in [0.25, 0.3) is 0 Å². The van der Waals surface area contributed by atoms with Crippen molar-refractivity contribution in [3.63, 3.8) is 0 Å². The van der Waals surface area contributed by atoms with Crippen LogP contribution in [-0.2, 0) is 4.79 Å². The normalized spacial score (nSPS) is 10.4. The van der Waals surface area contributed by atoms with Crippen LogP contribution < -0.4 is 5.32 Å². The van der Waals surface area contributed by atoms with E-state index in [1.807, 2.05) is 6.92 Å². The minimum atomic E-state index is -0.503. The van der Waals surface area contributed by atoms with Gasteiger partial charge in [0.25, 0.3) is 11.6 Å². The number of aryl methyl sites for hydroxylation is 1. The van der Waals surface area contributed by atoms with Crippen LogP contribution in [0.2, 0.25) is 10.0 Å². The Morgan fingerprint density at radius 1 is 1.18 bits per heavy atom. The zero-order chi connectivity index (χ0) is 20.8. The predicted octanol–water partition coefficient (Wildman–Crippen LogP) is 4.70. The van der Waals surface area contributed by atoms with Gasteiger partial charge >= 0.3 is 0 Å². The number of nitro groups is 1. The van der Waals surface area contributed by atoms with E-state index in [9.17, 15) is 19.7 Å². The first-order chi connectivity index (χ1) is 13.2. The molecule has 0 aliphatic carbocycles. The third-order valence-corrected chi connectivity index (χ3v) is 4.51. The van der Waals surface area contributed by atoms with Crippen LogP contribution in [0.15, 0.2) is 36.4 Å². The molecule has 1 N–H and O–H groups in total. The van der Waals surface area contributed by atoms with Gasteiger partial charge in [-0.3, -0.25) is 19.7 Å². The molecule has 9 heteroatoms. The first-order valence-electron chi connectivity index (χ1n) is 8.52. The van der Waals surface area contributed by atoms with Gasteiger partial charge in [0.15, 0.2) is 0 Å². The standard InChI is InChI=1S/C19H19Cl2N3O4/c1-3-8-23(11-18(25)22-16-6-5-14(20)10-15(16)21)19(26)13-4-7-17(24(27)28)12(2)9-13/h4-7,9-10H,3,8,11H2,1-2H3,(H,22,25). The Hall–Kier alpha value is -2.64. The number of nitrogens with one attached hydrogen (secondary N) is 1. The molecule has 0 aliphatic rings. The fourth-order valence-corrected chi connectivity index (χ4v) is 3.11. The van der Waals surface area contributed by atoms with Crippen molar-refractivity contribution in [1.82, 2.24) is 4.90 Å². The summed E-state index contributed by atoms with van der Waals surface area (Å²) in [5.41, 5.74) is 0.999. The monoisotopic (exact) mass is 423 g/mol. The van der Waals surface area contributed by atoms with Crippen molar-refractivity contribution in [3.8, 4) is 0 Å². The fraction of sp³-hybridized carbons (Fsp3) is 0.263. The maximum Gasteiger partial charge on any atom is 0.272 e. The lowest BCUT2D eigenvalue weighted by atomic mass is 10.1. The van der Waals surface area contributed by atoms with E-state index in [0.717, 1.165) is 0 Å². The van der Waals surface area contributed by atoms with Crippen LogP contribution in [0, 0.1) is 17.0 Å². The summed E-state index contributed by atoms with van der Waals surface area (Å²) in [6, 6.07) is 8.82. The molecule has 2 rings (SSSR count). The number of anilines is 1. The zero-order valence-corrected chi connectivity index (χ0v) is 16.9. The summed E-state index contributed by atoms with van der Waals surface area (Å²) in [6.07, 6.45) is 0.646. The third-order valence-electron chi connectivity index (χ3n) is 3.96. The van der Waals surface area contributed by atoms with Crippen molar-refractivity contribution < 1.29 is 14.5 Å². The maximum atomic E-state index is 12.8. The van der Waals surface area contributed by atoms with Crippen molar-refractivity contribution in [2.24, 2.45) is 0 Å². The van der Waals surface area contributed by atoms with Gasteiger partial charge in [-0.25, -0.2) is 0 Å². The molecule has 0 unspecified atom stereocenters. The predicted molar refractivity (Wildman–Crippen MR) is 109 cm³/mol. The SMILES string of the molecule is CCCN(CC(=O)Nc1ccc(Cl)cc1Cl)C(=O)c1ccc([N+](=O)[O-])c(C)c1. The van der Waals surface area contributed by atoms with Crippen LogP contribution in [0.4, 0.5) is 11.4 Å². The summed E-state index contributed by atoms with van der Waals surface area (Å²) < 4.78 is 0. The number of nitro benzene ring substituents is 1. The Kier molecular flexibility index (Phi) is 7.37. The highest BCUT2D eigenvalue weighted by atomic mass is 35.5. The molecule has 28 heavy (non-hydrogen) atoms. The topological polar surface area (TPSA) is 92.6 Å². The van der Waals surface area contributed by atoms with Crippen molar-refractivity contribution in [1.29, 1.82) is 0 Å². The van der Waals surface area contributed by atoms with Crippen molar-refractivity contribution in [2.75, 3.05) is 18.4 Å². The van der Waals surface area contributed by atoms with E-state index in [1.54, 1.807) is 19.1 Å². The molecule has 2 amide bonds. The Labute approximate surface area is 172 Å². The minimum absolute atomic E-state index is 0.0614. The van der Waals surface area contributed by atoms with Crippen LogP contribution in [0.5, 0.6) is 0 Å². The summed E-state index contributed by atoms with van der Waals surface area (Å²) in [6.45, 7) is 3.63. The molecule has 0 saturated carbocycles. The number of carbonyl (C=O) groups excluding carboxylic acids is 2. The Bertz CT molecular complexity index is 918. The van der Waals surface area contributed by atoms with Gasteiger partial charge in [-0.05, 0) is 43.7 Å². The van der Waals surface area contributed by atoms with Crippen molar-refractivity contribution in [2.45, 2.75) is 20.3 Å². The molecule has 0 fully saturated rings. The molecule has 7 nitrogen and oxygen atoms in total. The number of carbonyl (C=O) groups is 2. The third kappa shape index (κ3) is 5.43. The highest BCUT2D eigenvalue weighted by Crippen LogP contribution is 2.25. The number of rotatable bonds is 7. The van der Waals surface area contributed by atoms with Gasteiger partial charge in [0.1, 0.15) is 6.54 Å². The average molecular weight is 424 g/mol. The van der Waals surface area contributed by atoms with Gasteiger partial charge in [-0.15, -0.1) is 0 Å². The first kappa shape index (κ1) is 21.7. The van der Waals surface area contributed by atoms with Gasteiger partial charge < -0.3 is 10.2 Å². The molecular weight excluding hydrogens is 405 g/mol. The Morgan fingerprint density at radius 2 is 1.89 bits per heavy atom. The molecule has 0 spiro atoms. The van der Waals surface area contributed by atoms with Gasteiger partial charge in [0.05, 0.1) is 15.6 Å². The zero-order valence-electron chi connectivity index (χ0n) is 15.4. The number of halogens is 2. The van der Waals surface area contributed by atoms with E-state index in [4.69, 9.17) is 23.2 Å². The molecule has 0 heterocycles. The molecule has 0 aliphatic heterocycles. The summed E-state index contributed by atoms with van der Waals surface area (Å²) in [5, 5.41) is 14.3. The molecule has 0 aromatic heterocycles. The number of amides is 2. The smallest absolute Gasteiger partial charge is 0.272 e. The van der Waals surface area contributed by atoms with Crippen LogP contribution in [0.3, 0.4) is 0 Å². The average Bonchev–Trinajstić information content (AvgIpc) is 2.62. The van der Waals surface area contributed by atoms with Crippen molar-refractivity contribution in [3.05, 3.63) is 67.7 Å². The Balaban J connectivity index is 2.15. The molecule has 2 aromatic carbocycles. The molecule has 0 radical (unpaired) electrons. The van der Waals surface area contributed by atoms with Gasteiger partial charge in [-0.1, -0.05) is 30.1 Å². The number of nitrogens with zero attached hydrogens (tertiary/aromatic N) is 2.